The Kier molecular flexibility index (Phi) is 4.75. The third-order valence-electron chi connectivity index (χ3n) is 4.71. The maximum Gasteiger partial charge on any atom is 0.245 e. The standard InChI is InChI=1S/C15H25N3O3/c19-14(11-12-3-2-10-21-12)18-7-1-4-13(18)15(20)17-8-5-16-6-9-17/h12-13,16H,1-11H2. The van der Waals surface area contributed by atoms with Crippen LogP contribution in [-0.2, 0) is 14.3 Å². The molecule has 0 radical (unpaired) electrons. The van der Waals surface area contributed by atoms with Crippen LogP contribution in [0.4, 0.5) is 0 Å². The topological polar surface area (TPSA) is 61.9 Å². The summed E-state index contributed by atoms with van der Waals surface area (Å²) >= 11 is 0. The van der Waals surface area contributed by atoms with E-state index in [1.165, 1.54) is 0 Å². The molecule has 2 unspecified atom stereocenters. The molecule has 3 aliphatic rings. The van der Waals surface area contributed by atoms with Crippen molar-refractivity contribution in [2.45, 2.75) is 44.2 Å². The summed E-state index contributed by atoms with van der Waals surface area (Å²) in [6, 6.07) is -0.239. The summed E-state index contributed by atoms with van der Waals surface area (Å²) in [6.07, 6.45) is 4.25. The summed E-state index contributed by atoms with van der Waals surface area (Å²) in [5.41, 5.74) is 0. The van der Waals surface area contributed by atoms with E-state index in [0.29, 0.717) is 13.0 Å². The number of ether oxygens (including phenoxy) is 1. The second-order valence-electron chi connectivity index (χ2n) is 6.16. The van der Waals surface area contributed by atoms with E-state index in [-0.39, 0.29) is 24.0 Å². The van der Waals surface area contributed by atoms with E-state index in [9.17, 15) is 9.59 Å². The van der Waals surface area contributed by atoms with E-state index in [4.69, 9.17) is 4.74 Å². The number of hydrogen-bond donors (Lipinski definition) is 1. The number of likely N-dealkylation sites (tertiary alicyclic amines) is 1. The maximum atomic E-state index is 12.6. The maximum absolute atomic E-state index is 12.6. The summed E-state index contributed by atoms with van der Waals surface area (Å²) in [6.45, 7) is 4.69. The van der Waals surface area contributed by atoms with Crippen LogP contribution in [0.2, 0.25) is 0 Å². The molecule has 0 aromatic rings. The molecule has 0 saturated carbocycles. The van der Waals surface area contributed by atoms with Crippen LogP contribution in [-0.4, -0.2) is 73.1 Å². The Hall–Kier alpha value is -1.14. The summed E-state index contributed by atoms with van der Waals surface area (Å²) < 4.78 is 5.54. The van der Waals surface area contributed by atoms with E-state index < -0.39 is 0 Å². The molecule has 0 aromatic heterocycles. The summed E-state index contributed by atoms with van der Waals surface area (Å²) in [4.78, 5) is 28.8. The van der Waals surface area contributed by atoms with Crippen molar-refractivity contribution in [3.8, 4) is 0 Å². The Bertz CT molecular complexity index is 390. The van der Waals surface area contributed by atoms with Gasteiger partial charge in [0, 0.05) is 39.3 Å². The zero-order chi connectivity index (χ0) is 14.7. The van der Waals surface area contributed by atoms with Crippen LogP contribution < -0.4 is 5.32 Å². The van der Waals surface area contributed by atoms with E-state index in [2.05, 4.69) is 5.32 Å². The Balaban J connectivity index is 1.58. The number of hydrogen-bond acceptors (Lipinski definition) is 4. The quantitative estimate of drug-likeness (QED) is 0.795. The fourth-order valence-electron chi connectivity index (χ4n) is 3.54. The molecule has 0 aliphatic carbocycles. The minimum atomic E-state index is -0.239. The molecule has 3 heterocycles. The lowest BCUT2D eigenvalue weighted by Crippen LogP contribution is -2.53. The minimum absolute atomic E-state index is 0.0630. The SMILES string of the molecule is O=C(C1CCCN1C(=O)CC1CCCO1)N1CCNCC1. The minimum Gasteiger partial charge on any atom is -0.378 e. The van der Waals surface area contributed by atoms with Gasteiger partial charge in [0.05, 0.1) is 12.5 Å². The van der Waals surface area contributed by atoms with Gasteiger partial charge in [-0.2, -0.15) is 0 Å². The number of nitrogens with one attached hydrogen (secondary N) is 1. The monoisotopic (exact) mass is 295 g/mol. The first-order valence-electron chi connectivity index (χ1n) is 8.16. The molecule has 0 bridgehead atoms. The van der Waals surface area contributed by atoms with Gasteiger partial charge in [-0.3, -0.25) is 9.59 Å². The van der Waals surface area contributed by atoms with E-state index in [0.717, 1.165) is 58.5 Å². The highest BCUT2D eigenvalue weighted by Crippen LogP contribution is 2.23. The first kappa shape index (κ1) is 14.8. The number of amides is 2. The summed E-state index contributed by atoms with van der Waals surface area (Å²) in [7, 11) is 0. The van der Waals surface area contributed by atoms with Crippen LogP contribution in [0.25, 0.3) is 0 Å². The van der Waals surface area contributed by atoms with Crippen LogP contribution in [0, 0.1) is 0 Å². The first-order chi connectivity index (χ1) is 10.3. The normalized spacial score (nSPS) is 29.9. The second kappa shape index (κ2) is 6.75. The molecule has 21 heavy (non-hydrogen) atoms. The molecular weight excluding hydrogens is 270 g/mol. The molecule has 3 fully saturated rings. The van der Waals surface area contributed by atoms with Gasteiger partial charge in [-0.05, 0) is 25.7 Å². The molecule has 118 valence electrons. The lowest BCUT2D eigenvalue weighted by Gasteiger charge is -2.33. The predicted molar refractivity (Wildman–Crippen MR) is 77.8 cm³/mol. The lowest BCUT2D eigenvalue weighted by molar-refractivity contribution is -0.145. The van der Waals surface area contributed by atoms with Crippen molar-refractivity contribution in [1.82, 2.24) is 15.1 Å². The molecule has 0 spiro atoms. The van der Waals surface area contributed by atoms with Crippen molar-refractivity contribution < 1.29 is 14.3 Å². The number of carbonyl (C=O) groups excluding carboxylic acids is 2. The smallest absolute Gasteiger partial charge is 0.245 e. The van der Waals surface area contributed by atoms with E-state index in [1.807, 2.05) is 4.90 Å². The Morgan fingerprint density at radius 1 is 1.10 bits per heavy atom. The van der Waals surface area contributed by atoms with E-state index in [1.54, 1.807) is 4.90 Å². The van der Waals surface area contributed by atoms with Gasteiger partial charge < -0.3 is 19.9 Å². The van der Waals surface area contributed by atoms with Gasteiger partial charge in [-0.1, -0.05) is 0 Å². The van der Waals surface area contributed by atoms with Crippen LogP contribution in [0.15, 0.2) is 0 Å². The van der Waals surface area contributed by atoms with Crippen LogP contribution in [0.5, 0.6) is 0 Å². The highest BCUT2D eigenvalue weighted by Gasteiger charge is 2.37. The number of piperazine rings is 1. The van der Waals surface area contributed by atoms with Gasteiger partial charge >= 0.3 is 0 Å². The van der Waals surface area contributed by atoms with Crippen molar-refractivity contribution in [1.29, 1.82) is 0 Å². The van der Waals surface area contributed by atoms with Crippen LogP contribution >= 0.6 is 0 Å². The average molecular weight is 295 g/mol. The van der Waals surface area contributed by atoms with Crippen molar-refractivity contribution in [3.05, 3.63) is 0 Å². The fraction of sp³-hybridized carbons (Fsp3) is 0.867. The Morgan fingerprint density at radius 3 is 2.62 bits per heavy atom. The molecule has 1 N–H and O–H groups in total. The number of nitrogens with zero attached hydrogens (tertiary/aromatic N) is 2. The van der Waals surface area contributed by atoms with Gasteiger partial charge in [-0.25, -0.2) is 0 Å². The molecule has 2 amide bonds. The highest BCUT2D eigenvalue weighted by atomic mass is 16.5. The third kappa shape index (κ3) is 3.37. The predicted octanol–water partition coefficient (Wildman–Crippen LogP) is -0.0217. The molecule has 0 aromatic carbocycles. The van der Waals surface area contributed by atoms with Gasteiger partial charge in [0.15, 0.2) is 0 Å². The average Bonchev–Trinajstić information content (AvgIpc) is 3.18. The zero-order valence-electron chi connectivity index (χ0n) is 12.6. The Labute approximate surface area is 125 Å². The molecule has 6 nitrogen and oxygen atoms in total. The van der Waals surface area contributed by atoms with Crippen LogP contribution in [0.3, 0.4) is 0 Å². The van der Waals surface area contributed by atoms with Crippen molar-refractivity contribution in [2.24, 2.45) is 0 Å². The lowest BCUT2D eigenvalue weighted by atomic mass is 10.1. The second-order valence-corrected chi connectivity index (χ2v) is 6.16. The molecule has 6 heteroatoms. The van der Waals surface area contributed by atoms with Crippen LogP contribution in [0.1, 0.15) is 32.1 Å². The molecule has 3 aliphatic heterocycles. The number of rotatable bonds is 3. The molecular formula is C15H25N3O3. The fourth-order valence-corrected chi connectivity index (χ4v) is 3.54. The largest absolute Gasteiger partial charge is 0.378 e. The summed E-state index contributed by atoms with van der Waals surface area (Å²) in [5.74, 6) is 0.225. The van der Waals surface area contributed by atoms with Crippen molar-refractivity contribution in [2.75, 3.05) is 39.3 Å². The molecule has 3 saturated heterocycles. The van der Waals surface area contributed by atoms with Crippen molar-refractivity contribution >= 4 is 11.8 Å². The van der Waals surface area contributed by atoms with Gasteiger partial charge in [-0.15, -0.1) is 0 Å². The third-order valence-corrected chi connectivity index (χ3v) is 4.71. The first-order valence-corrected chi connectivity index (χ1v) is 8.16. The zero-order valence-corrected chi connectivity index (χ0v) is 12.6. The van der Waals surface area contributed by atoms with Gasteiger partial charge in [0.25, 0.3) is 0 Å². The van der Waals surface area contributed by atoms with E-state index >= 15 is 0 Å². The molecule has 3 rings (SSSR count). The van der Waals surface area contributed by atoms with Crippen molar-refractivity contribution in [3.63, 3.8) is 0 Å². The number of carbonyl (C=O) groups is 2. The molecule has 2 atom stereocenters. The highest BCUT2D eigenvalue weighted by molar-refractivity contribution is 5.88. The van der Waals surface area contributed by atoms with Gasteiger partial charge in [0.1, 0.15) is 6.04 Å². The Morgan fingerprint density at radius 2 is 1.90 bits per heavy atom. The van der Waals surface area contributed by atoms with Gasteiger partial charge in [0.2, 0.25) is 11.8 Å². The summed E-state index contributed by atoms with van der Waals surface area (Å²) in [5, 5.41) is 3.25.